The number of H-pyrrole nitrogens is 1. The van der Waals surface area contributed by atoms with Gasteiger partial charge in [-0.15, -0.1) is 11.8 Å². The molecule has 0 saturated carbocycles. The van der Waals surface area contributed by atoms with Crippen molar-refractivity contribution in [1.82, 2.24) is 15.0 Å². The number of rotatable bonds is 10. The maximum absolute atomic E-state index is 4.97. The van der Waals surface area contributed by atoms with E-state index in [2.05, 4.69) is 18.8 Å². The number of nitrogens with one attached hydrogen (secondary N) is 1. The smallest absolute Gasteiger partial charge is 0.190 e. The second-order valence-corrected chi connectivity index (χ2v) is 9.08. The molecular formula is C20H31N3S2. The SMILES string of the molecule is CCCCCSc1nc(SCCCCC)c2c3c([nH]c2n1)CCCC3. The van der Waals surface area contributed by atoms with Crippen molar-refractivity contribution in [3.05, 3.63) is 11.3 Å². The number of aromatic nitrogens is 3. The maximum Gasteiger partial charge on any atom is 0.190 e. The van der Waals surface area contributed by atoms with Crippen LogP contribution in [0.5, 0.6) is 0 Å². The van der Waals surface area contributed by atoms with Gasteiger partial charge in [-0.25, -0.2) is 9.97 Å². The van der Waals surface area contributed by atoms with E-state index in [0.29, 0.717) is 0 Å². The number of hydrogen-bond acceptors (Lipinski definition) is 4. The first-order chi connectivity index (χ1) is 12.3. The Morgan fingerprint density at radius 2 is 1.60 bits per heavy atom. The van der Waals surface area contributed by atoms with Gasteiger partial charge in [0.25, 0.3) is 0 Å². The topological polar surface area (TPSA) is 41.6 Å². The number of aryl methyl sites for hydroxylation is 2. The second-order valence-electron chi connectivity index (χ2n) is 6.94. The zero-order chi connectivity index (χ0) is 17.5. The highest BCUT2D eigenvalue weighted by molar-refractivity contribution is 7.99. The van der Waals surface area contributed by atoms with E-state index in [1.807, 2.05) is 23.5 Å². The van der Waals surface area contributed by atoms with Gasteiger partial charge in [0.15, 0.2) is 5.16 Å². The number of nitrogens with zero attached hydrogens (tertiary/aromatic N) is 2. The van der Waals surface area contributed by atoms with Gasteiger partial charge in [0, 0.05) is 11.4 Å². The van der Waals surface area contributed by atoms with Crippen molar-refractivity contribution in [3.63, 3.8) is 0 Å². The van der Waals surface area contributed by atoms with Gasteiger partial charge in [0.1, 0.15) is 10.7 Å². The van der Waals surface area contributed by atoms with Crippen LogP contribution in [-0.4, -0.2) is 26.5 Å². The van der Waals surface area contributed by atoms with Crippen molar-refractivity contribution in [3.8, 4) is 0 Å². The third-order valence-electron chi connectivity index (χ3n) is 4.86. The lowest BCUT2D eigenvalue weighted by Gasteiger charge is -2.12. The molecule has 2 heterocycles. The van der Waals surface area contributed by atoms with Crippen LogP contribution in [-0.2, 0) is 12.8 Å². The summed E-state index contributed by atoms with van der Waals surface area (Å²) in [5.74, 6) is 2.29. The molecule has 2 aromatic rings. The normalized spacial score (nSPS) is 14.2. The van der Waals surface area contributed by atoms with Crippen molar-refractivity contribution in [2.45, 2.75) is 88.2 Å². The summed E-state index contributed by atoms with van der Waals surface area (Å²) in [6.45, 7) is 4.52. The predicted octanol–water partition coefficient (Wildman–Crippen LogP) is 6.40. The van der Waals surface area contributed by atoms with Gasteiger partial charge in [-0.3, -0.25) is 0 Å². The van der Waals surface area contributed by atoms with Gasteiger partial charge >= 0.3 is 0 Å². The van der Waals surface area contributed by atoms with Crippen LogP contribution in [0.2, 0.25) is 0 Å². The lowest BCUT2D eigenvalue weighted by Crippen LogP contribution is -2.00. The minimum absolute atomic E-state index is 0.959. The lowest BCUT2D eigenvalue weighted by molar-refractivity contribution is 0.679. The molecule has 3 nitrogen and oxygen atoms in total. The Labute approximate surface area is 160 Å². The van der Waals surface area contributed by atoms with Gasteiger partial charge in [-0.1, -0.05) is 51.3 Å². The highest BCUT2D eigenvalue weighted by atomic mass is 32.2. The molecule has 0 radical (unpaired) electrons. The summed E-state index contributed by atoms with van der Waals surface area (Å²) in [6, 6.07) is 0. The van der Waals surface area contributed by atoms with E-state index in [9.17, 15) is 0 Å². The van der Waals surface area contributed by atoms with Crippen LogP contribution >= 0.6 is 23.5 Å². The van der Waals surface area contributed by atoms with Crippen LogP contribution in [0.25, 0.3) is 11.0 Å². The fourth-order valence-corrected chi connectivity index (χ4v) is 5.41. The van der Waals surface area contributed by atoms with Crippen LogP contribution in [0.1, 0.15) is 76.5 Å². The molecule has 138 valence electrons. The molecule has 1 N–H and O–H groups in total. The van der Waals surface area contributed by atoms with Gasteiger partial charge in [-0.2, -0.15) is 0 Å². The molecule has 3 rings (SSSR count). The van der Waals surface area contributed by atoms with Gasteiger partial charge in [0.05, 0.1) is 5.39 Å². The monoisotopic (exact) mass is 377 g/mol. The highest BCUT2D eigenvalue weighted by Gasteiger charge is 2.20. The van der Waals surface area contributed by atoms with E-state index in [0.717, 1.165) is 16.6 Å². The number of unbranched alkanes of at least 4 members (excludes halogenated alkanes) is 4. The van der Waals surface area contributed by atoms with Crippen molar-refractivity contribution in [1.29, 1.82) is 0 Å². The van der Waals surface area contributed by atoms with E-state index < -0.39 is 0 Å². The Hall–Kier alpha value is -0.680. The largest absolute Gasteiger partial charge is 0.343 e. The summed E-state index contributed by atoms with van der Waals surface area (Å²) in [5, 5.41) is 3.51. The molecule has 25 heavy (non-hydrogen) atoms. The molecule has 5 heteroatoms. The molecule has 0 saturated heterocycles. The molecule has 0 aliphatic heterocycles. The number of thioether (sulfide) groups is 2. The summed E-state index contributed by atoms with van der Waals surface area (Å²) >= 11 is 3.76. The Kier molecular flexibility index (Phi) is 7.53. The first-order valence-electron chi connectivity index (χ1n) is 10.0. The quantitative estimate of drug-likeness (QED) is 0.225. The molecule has 0 aromatic carbocycles. The van der Waals surface area contributed by atoms with Crippen molar-refractivity contribution >= 4 is 34.6 Å². The van der Waals surface area contributed by atoms with Crippen LogP contribution in [0.4, 0.5) is 0 Å². The molecule has 0 fully saturated rings. The summed E-state index contributed by atoms with van der Waals surface area (Å²) in [7, 11) is 0. The van der Waals surface area contributed by atoms with Gasteiger partial charge in [0.2, 0.25) is 0 Å². The molecule has 0 unspecified atom stereocenters. The molecular weight excluding hydrogens is 346 g/mol. The van der Waals surface area contributed by atoms with Crippen molar-refractivity contribution in [2.24, 2.45) is 0 Å². The third-order valence-corrected chi connectivity index (χ3v) is 6.86. The maximum atomic E-state index is 4.97. The summed E-state index contributed by atoms with van der Waals surface area (Å²) in [6.07, 6.45) is 12.6. The van der Waals surface area contributed by atoms with Gasteiger partial charge in [-0.05, 0) is 49.8 Å². The van der Waals surface area contributed by atoms with E-state index in [1.54, 1.807) is 0 Å². The van der Waals surface area contributed by atoms with E-state index in [4.69, 9.17) is 9.97 Å². The van der Waals surface area contributed by atoms with Crippen LogP contribution in [0.15, 0.2) is 10.2 Å². The van der Waals surface area contributed by atoms with Crippen LogP contribution in [0, 0.1) is 0 Å². The molecule has 0 bridgehead atoms. The Morgan fingerprint density at radius 3 is 2.36 bits per heavy atom. The lowest BCUT2D eigenvalue weighted by atomic mass is 9.96. The molecule has 0 atom stereocenters. The second kappa shape index (κ2) is 9.86. The summed E-state index contributed by atoms with van der Waals surface area (Å²) < 4.78 is 0. The molecule has 1 aliphatic carbocycles. The zero-order valence-electron chi connectivity index (χ0n) is 15.7. The first-order valence-corrected chi connectivity index (χ1v) is 12.0. The Balaban J connectivity index is 1.83. The minimum atomic E-state index is 0.959. The number of fused-ring (bicyclic) bond motifs is 3. The fourth-order valence-electron chi connectivity index (χ4n) is 3.45. The highest BCUT2D eigenvalue weighted by Crippen LogP contribution is 2.35. The predicted molar refractivity (Wildman–Crippen MR) is 111 cm³/mol. The molecule has 0 spiro atoms. The Bertz CT molecular complexity index is 681. The number of aromatic amines is 1. The molecule has 0 amide bonds. The average molecular weight is 378 g/mol. The van der Waals surface area contributed by atoms with Gasteiger partial charge < -0.3 is 4.98 Å². The minimum Gasteiger partial charge on any atom is -0.343 e. The Morgan fingerprint density at radius 1 is 0.880 bits per heavy atom. The fraction of sp³-hybridized carbons (Fsp3) is 0.700. The number of hydrogen-bond donors (Lipinski definition) is 1. The van der Waals surface area contributed by atoms with Crippen molar-refractivity contribution < 1.29 is 0 Å². The van der Waals surface area contributed by atoms with E-state index in [-0.39, 0.29) is 0 Å². The van der Waals surface area contributed by atoms with Crippen molar-refractivity contribution in [2.75, 3.05) is 11.5 Å². The molecule has 1 aliphatic rings. The van der Waals surface area contributed by atoms with E-state index in [1.165, 1.54) is 91.6 Å². The van der Waals surface area contributed by atoms with E-state index >= 15 is 0 Å². The zero-order valence-corrected chi connectivity index (χ0v) is 17.3. The standard InChI is InChI=1S/C20H31N3S2/c1-3-5-9-13-24-19-17-15-11-7-8-12-16(15)21-18(17)22-20(23-19)25-14-10-6-4-2/h3-14H2,1-2H3,(H,21,22,23). The van der Waals surface area contributed by atoms with Crippen LogP contribution in [0.3, 0.4) is 0 Å². The summed E-state index contributed by atoms with van der Waals surface area (Å²) in [4.78, 5) is 13.5. The summed E-state index contributed by atoms with van der Waals surface area (Å²) in [5.41, 5.74) is 4.00. The molecule has 2 aromatic heterocycles. The first kappa shape index (κ1) is 19.1. The average Bonchev–Trinajstić information content (AvgIpc) is 3.01. The van der Waals surface area contributed by atoms with Crippen LogP contribution < -0.4 is 0 Å². The third kappa shape index (κ3) is 4.94.